The number of ether oxygens (including phenoxy) is 1. The molecular formula is C20H34N2O3. The van der Waals surface area contributed by atoms with Crippen molar-refractivity contribution in [3.63, 3.8) is 0 Å². The van der Waals surface area contributed by atoms with Crippen LogP contribution >= 0.6 is 0 Å². The van der Waals surface area contributed by atoms with Gasteiger partial charge in [-0.05, 0) is 89.9 Å². The first-order valence-electron chi connectivity index (χ1n) is 10.0. The van der Waals surface area contributed by atoms with E-state index in [2.05, 4.69) is 10.6 Å². The topological polar surface area (TPSA) is 67.4 Å². The van der Waals surface area contributed by atoms with Gasteiger partial charge in [-0.2, -0.15) is 0 Å². The van der Waals surface area contributed by atoms with Gasteiger partial charge in [0, 0.05) is 18.5 Å². The third-order valence-electron chi connectivity index (χ3n) is 6.08. The molecule has 2 N–H and O–H groups in total. The Bertz CT molecular complexity index is 474. The van der Waals surface area contributed by atoms with Crippen LogP contribution in [0.2, 0.25) is 0 Å². The van der Waals surface area contributed by atoms with Crippen molar-refractivity contribution < 1.29 is 14.3 Å². The fourth-order valence-electron chi connectivity index (χ4n) is 5.53. The maximum absolute atomic E-state index is 12.8. The molecule has 0 radical (unpaired) electrons. The Morgan fingerprint density at radius 2 is 1.40 bits per heavy atom. The average molecular weight is 351 g/mol. The minimum atomic E-state index is -0.462. The molecule has 0 aromatic heterocycles. The molecule has 4 fully saturated rings. The predicted octanol–water partition coefficient (Wildman–Crippen LogP) is 3.62. The number of unbranched alkanes of at least 4 members (excludes halogenated alkanes) is 1. The van der Waals surface area contributed by atoms with E-state index in [9.17, 15) is 9.59 Å². The molecule has 0 heterocycles. The summed E-state index contributed by atoms with van der Waals surface area (Å²) < 4.78 is 5.20. The molecule has 4 aliphatic rings. The van der Waals surface area contributed by atoms with Gasteiger partial charge in [-0.3, -0.25) is 4.79 Å². The molecule has 4 rings (SSSR count). The Hall–Kier alpha value is -1.26. The highest BCUT2D eigenvalue weighted by Gasteiger charge is 2.54. The highest BCUT2D eigenvalue weighted by molar-refractivity contribution is 5.83. The monoisotopic (exact) mass is 350 g/mol. The lowest BCUT2D eigenvalue weighted by molar-refractivity contribution is -0.146. The molecule has 0 unspecified atom stereocenters. The third kappa shape index (κ3) is 4.68. The summed E-state index contributed by atoms with van der Waals surface area (Å²) in [6, 6.07) is 0. The molecular weight excluding hydrogens is 316 g/mol. The lowest BCUT2D eigenvalue weighted by Gasteiger charge is -2.55. The van der Waals surface area contributed by atoms with Crippen LogP contribution in [0.3, 0.4) is 0 Å². The van der Waals surface area contributed by atoms with Crippen molar-refractivity contribution in [3.8, 4) is 0 Å². The van der Waals surface area contributed by atoms with Gasteiger partial charge in [0.15, 0.2) is 0 Å². The predicted molar refractivity (Wildman–Crippen MR) is 97.1 cm³/mol. The van der Waals surface area contributed by atoms with Gasteiger partial charge in [0.25, 0.3) is 0 Å². The molecule has 4 aliphatic carbocycles. The SMILES string of the molecule is CC(C)(C)OC(=O)NCCCCNC(=O)C12CC3CC(CC(C3)C1)C2. The first-order valence-corrected chi connectivity index (χ1v) is 10.0. The molecule has 4 saturated carbocycles. The summed E-state index contributed by atoms with van der Waals surface area (Å²) in [5, 5.41) is 5.95. The molecule has 0 spiro atoms. The van der Waals surface area contributed by atoms with Crippen molar-refractivity contribution >= 4 is 12.0 Å². The van der Waals surface area contributed by atoms with E-state index in [0.29, 0.717) is 19.0 Å². The molecule has 2 amide bonds. The Labute approximate surface area is 151 Å². The van der Waals surface area contributed by atoms with Gasteiger partial charge in [-0.1, -0.05) is 0 Å². The molecule has 25 heavy (non-hydrogen) atoms. The van der Waals surface area contributed by atoms with Crippen LogP contribution in [0.4, 0.5) is 4.79 Å². The minimum absolute atomic E-state index is 0.0521. The van der Waals surface area contributed by atoms with E-state index in [-0.39, 0.29) is 11.5 Å². The zero-order chi connectivity index (χ0) is 18.1. The second-order valence-electron chi connectivity index (χ2n) is 9.59. The summed E-state index contributed by atoms with van der Waals surface area (Å²) in [6.45, 7) is 6.85. The normalized spacial score (nSPS) is 33.2. The van der Waals surface area contributed by atoms with Gasteiger partial charge in [-0.15, -0.1) is 0 Å². The smallest absolute Gasteiger partial charge is 0.407 e. The zero-order valence-corrected chi connectivity index (χ0v) is 16.0. The van der Waals surface area contributed by atoms with E-state index in [1.165, 1.54) is 19.3 Å². The van der Waals surface area contributed by atoms with Crippen LogP contribution in [0.5, 0.6) is 0 Å². The molecule has 0 saturated heterocycles. The summed E-state index contributed by atoms with van der Waals surface area (Å²) in [7, 11) is 0. The number of amides is 2. The van der Waals surface area contributed by atoms with Gasteiger partial charge >= 0.3 is 6.09 Å². The Kier molecular flexibility index (Phi) is 5.31. The maximum atomic E-state index is 12.8. The van der Waals surface area contributed by atoms with Gasteiger partial charge in [0.05, 0.1) is 0 Å². The molecule has 5 heteroatoms. The van der Waals surface area contributed by atoms with Gasteiger partial charge in [-0.25, -0.2) is 4.79 Å². The summed E-state index contributed by atoms with van der Waals surface area (Å²) in [4.78, 5) is 24.3. The lowest BCUT2D eigenvalue weighted by Crippen LogP contribution is -2.53. The van der Waals surface area contributed by atoms with Crippen molar-refractivity contribution in [1.29, 1.82) is 0 Å². The number of alkyl carbamates (subject to hydrolysis) is 1. The van der Waals surface area contributed by atoms with Crippen LogP contribution in [-0.2, 0) is 9.53 Å². The first-order chi connectivity index (χ1) is 11.8. The molecule has 0 aromatic carbocycles. The quantitative estimate of drug-likeness (QED) is 0.719. The van der Waals surface area contributed by atoms with Crippen LogP contribution in [0.1, 0.15) is 72.1 Å². The maximum Gasteiger partial charge on any atom is 0.407 e. The second-order valence-corrected chi connectivity index (χ2v) is 9.59. The van der Waals surface area contributed by atoms with E-state index in [4.69, 9.17) is 4.74 Å². The van der Waals surface area contributed by atoms with Gasteiger partial charge in [0.2, 0.25) is 5.91 Å². The van der Waals surface area contributed by atoms with E-state index in [0.717, 1.165) is 49.9 Å². The van der Waals surface area contributed by atoms with E-state index in [1.54, 1.807) is 0 Å². The number of carbonyl (C=O) groups excluding carboxylic acids is 2. The Morgan fingerprint density at radius 3 is 1.88 bits per heavy atom. The fourth-order valence-corrected chi connectivity index (χ4v) is 5.53. The molecule has 0 aliphatic heterocycles. The van der Waals surface area contributed by atoms with Gasteiger partial charge in [0.1, 0.15) is 5.60 Å². The lowest BCUT2D eigenvalue weighted by atomic mass is 9.49. The van der Waals surface area contributed by atoms with Crippen LogP contribution < -0.4 is 10.6 Å². The zero-order valence-electron chi connectivity index (χ0n) is 16.0. The number of hydrogen-bond acceptors (Lipinski definition) is 3. The summed E-state index contributed by atoms with van der Waals surface area (Å²) in [6.07, 6.45) is 8.80. The van der Waals surface area contributed by atoms with Crippen molar-refractivity contribution in [2.75, 3.05) is 13.1 Å². The van der Waals surface area contributed by atoms with Crippen molar-refractivity contribution in [2.24, 2.45) is 23.2 Å². The Balaban J connectivity index is 1.32. The van der Waals surface area contributed by atoms with Crippen molar-refractivity contribution in [1.82, 2.24) is 10.6 Å². The number of nitrogens with one attached hydrogen (secondary N) is 2. The summed E-state index contributed by atoms with van der Waals surface area (Å²) in [5.41, 5.74) is -0.514. The fraction of sp³-hybridized carbons (Fsp3) is 0.900. The summed E-state index contributed by atoms with van der Waals surface area (Å²) in [5.74, 6) is 2.70. The van der Waals surface area contributed by atoms with Gasteiger partial charge < -0.3 is 15.4 Å². The first kappa shape index (κ1) is 18.5. The molecule has 0 atom stereocenters. The minimum Gasteiger partial charge on any atom is -0.444 e. The molecule has 0 aromatic rings. The number of rotatable bonds is 6. The largest absolute Gasteiger partial charge is 0.444 e. The van der Waals surface area contributed by atoms with E-state index >= 15 is 0 Å². The molecule has 5 nitrogen and oxygen atoms in total. The summed E-state index contributed by atoms with van der Waals surface area (Å²) >= 11 is 0. The van der Waals surface area contributed by atoms with E-state index < -0.39 is 5.60 Å². The van der Waals surface area contributed by atoms with Crippen LogP contribution in [0, 0.1) is 23.2 Å². The highest BCUT2D eigenvalue weighted by Crippen LogP contribution is 2.60. The Morgan fingerprint density at radius 1 is 0.920 bits per heavy atom. The highest BCUT2D eigenvalue weighted by atomic mass is 16.6. The van der Waals surface area contributed by atoms with Crippen LogP contribution in [0.15, 0.2) is 0 Å². The molecule has 4 bridgehead atoms. The average Bonchev–Trinajstić information content (AvgIpc) is 2.47. The van der Waals surface area contributed by atoms with Crippen LogP contribution in [0.25, 0.3) is 0 Å². The van der Waals surface area contributed by atoms with Crippen molar-refractivity contribution in [3.05, 3.63) is 0 Å². The van der Waals surface area contributed by atoms with Crippen molar-refractivity contribution in [2.45, 2.75) is 77.7 Å². The third-order valence-corrected chi connectivity index (χ3v) is 6.08. The number of carbonyl (C=O) groups is 2. The standard InChI is InChI=1S/C20H34N2O3/c1-19(2,3)25-18(24)22-7-5-4-6-21-17(23)20-11-14-8-15(12-20)10-16(9-14)13-20/h14-16H,4-13H2,1-3H3,(H,21,23)(H,22,24). The molecule has 142 valence electrons. The van der Waals surface area contributed by atoms with Crippen LogP contribution in [-0.4, -0.2) is 30.7 Å². The van der Waals surface area contributed by atoms with E-state index in [1.807, 2.05) is 20.8 Å². The second kappa shape index (κ2) is 7.16. The number of hydrogen-bond donors (Lipinski definition) is 2.